The molecule has 0 aliphatic heterocycles. The third kappa shape index (κ3) is 2.09. The van der Waals surface area contributed by atoms with Crippen molar-refractivity contribution < 1.29 is 9.90 Å². The maximum absolute atomic E-state index is 11.3. The molecule has 0 radical (unpaired) electrons. The molecule has 0 atom stereocenters. The summed E-state index contributed by atoms with van der Waals surface area (Å²) in [6, 6.07) is 1.84. The number of carboxylic acid groups (broad SMARTS) is 1. The summed E-state index contributed by atoms with van der Waals surface area (Å²) in [5.74, 6) is -0.602. The van der Waals surface area contributed by atoms with Gasteiger partial charge in [-0.1, -0.05) is 0 Å². The highest BCUT2D eigenvalue weighted by Gasteiger charge is 2.34. The van der Waals surface area contributed by atoms with Crippen molar-refractivity contribution in [2.24, 2.45) is 0 Å². The Kier molecular flexibility index (Phi) is 3.09. The molecule has 0 unspecified atom stereocenters. The second-order valence-corrected chi connectivity index (χ2v) is 4.77. The summed E-state index contributed by atoms with van der Waals surface area (Å²) in [5.41, 5.74) is 0.314. The molecule has 0 spiro atoms. The van der Waals surface area contributed by atoms with Crippen LogP contribution in [0.15, 0.2) is 6.07 Å². The Morgan fingerprint density at radius 3 is 2.74 bits per heavy atom. The van der Waals surface area contributed by atoms with Crippen LogP contribution in [-0.2, 0) is 16.9 Å². The summed E-state index contributed by atoms with van der Waals surface area (Å²) >= 11 is 0. The van der Waals surface area contributed by atoms with Gasteiger partial charge < -0.3 is 5.11 Å². The van der Waals surface area contributed by atoms with Crippen LogP contribution in [0.3, 0.4) is 0 Å². The third-order valence-corrected chi connectivity index (χ3v) is 2.95. The van der Waals surface area contributed by atoms with Crippen LogP contribution in [0, 0.1) is 6.92 Å². The van der Waals surface area contributed by atoms with E-state index in [0.29, 0.717) is 18.1 Å². The number of hydrogen-bond acceptors (Lipinski definition) is 5. The van der Waals surface area contributed by atoms with E-state index < -0.39 is 11.5 Å². The molecule has 2 heterocycles. The number of aliphatic carboxylic acids is 1. The SMILES string of the molecule is CCn1nc(C)cc1-c1nnnn1C(C)(C)C(=O)O. The van der Waals surface area contributed by atoms with E-state index in [-0.39, 0.29) is 0 Å². The lowest BCUT2D eigenvalue weighted by atomic mass is 10.1. The van der Waals surface area contributed by atoms with Gasteiger partial charge in [0.1, 0.15) is 5.69 Å². The molecule has 2 rings (SSSR count). The molecule has 0 saturated heterocycles. The predicted molar refractivity (Wildman–Crippen MR) is 66.4 cm³/mol. The van der Waals surface area contributed by atoms with E-state index in [0.717, 1.165) is 5.69 Å². The first-order valence-electron chi connectivity index (χ1n) is 5.95. The van der Waals surface area contributed by atoms with E-state index in [1.165, 1.54) is 4.68 Å². The van der Waals surface area contributed by atoms with Crippen LogP contribution in [0.5, 0.6) is 0 Å². The Bertz CT molecular complexity index is 612. The topological polar surface area (TPSA) is 98.7 Å². The zero-order valence-corrected chi connectivity index (χ0v) is 11.3. The minimum atomic E-state index is -1.23. The van der Waals surface area contributed by atoms with Crippen molar-refractivity contribution in [3.8, 4) is 11.5 Å². The zero-order valence-electron chi connectivity index (χ0n) is 11.3. The lowest BCUT2D eigenvalue weighted by Gasteiger charge is -2.20. The van der Waals surface area contributed by atoms with Crippen LogP contribution in [-0.4, -0.2) is 41.1 Å². The molecule has 2 aromatic rings. The van der Waals surface area contributed by atoms with Crippen molar-refractivity contribution in [3.05, 3.63) is 11.8 Å². The number of carbonyl (C=O) groups is 1. The normalized spacial score (nSPS) is 11.8. The number of nitrogens with zero attached hydrogens (tertiary/aromatic N) is 6. The predicted octanol–water partition coefficient (Wildman–Crippen LogP) is 0.685. The minimum Gasteiger partial charge on any atom is -0.479 e. The number of hydrogen-bond donors (Lipinski definition) is 1. The zero-order chi connectivity index (χ0) is 14.2. The highest BCUT2D eigenvalue weighted by molar-refractivity contribution is 5.76. The first-order chi connectivity index (χ1) is 8.87. The van der Waals surface area contributed by atoms with Crippen LogP contribution in [0.4, 0.5) is 0 Å². The van der Waals surface area contributed by atoms with E-state index in [9.17, 15) is 9.90 Å². The van der Waals surface area contributed by atoms with Gasteiger partial charge in [-0.2, -0.15) is 5.10 Å². The van der Waals surface area contributed by atoms with Crippen LogP contribution in [0.2, 0.25) is 0 Å². The van der Waals surface area contributed by atoms with Crippen LogP contribution >= 0.6 is 0 Å². The molecule has 102 valence electrons. The Morgan fingerprint density at radius 1 is 1.47 bits per heavy atom. The minimum absolute atomic E-state index is 0.398. The van der Waals surface area contributed by atoms with Gasteiger partial charge in [0.2, 0.25) is 5.82 Å². The van der Waals surface area contributed by atoms with Crippen molar-refractivity contribution in [2.75, 3.05) is 0 Å². The molecule has 0 saturated carbocycles. The van der Waals surface area contributed by atoms with Crippen molar-refractivity contribution >= 4 is 5.97 Å². The standard InChI is InChI=1S/C11H16N6O2/c1-5-16-8(6-7(2)13-16)9-12-14-15-17(9)11(3,4)10(18)19/h6H,5H2,1-4H3,(H,18,19). The molecule has 0 fully saturated rings. The molecule has 0 amide bonds. The van der Waals surface area contributed by atoms with E-state index in [2.05, 4.69) is 20.6 Å². The molecule has 0 aliphatic carbocycles. The summed E-state index contributed by atoms with van der Waals surface area (Å²) < 4.78 is 3.05. The summed E-state index contributed by atoms with van der Waals surface area (Å²) in [6.07, 6.45) is 0. The molecule has 0 aromatic carbocycles. The summed E-state index contributed by atoms with van der Waals surface area (Å²) in [4.78, 5) is 11.3. The van der Waals surface area contributed by atoms with Crippen molar-refractivity contribution in [1.29, 1.82) is 0 Å². The molecule has 19 heavy (non-hydrogen) atoms. The molecule has 8 nitrogen and oxygen atoms in total. The highest BCUT2D eigenvalue weighted by atomic mass is 16.4. The average molecular weight is 264 g/mol. The monoisotopic (exact) mass is 264 g/mol. The molecule has 0 aliphatic rings. The second kappa shape index (κ2) is 4.45. The maximum atomic E-state index is 11.3. The fourth-order valence-electron chi connectivity index (χ4n) is 1.78. The first-order valence-corrected chi connectivity index (χ1v) is 5.95. The number of aryl methyl sites for hydroxylation is 2. The van der Waals surface area contributed by atoms with E-state index in [4.69, 9.17) is 0 Å². The van der Waals surface area contributed by atoms with Gasteiger partial charge in [0.15, 0.2) is 5.54 Å². The second-order valence-electron chi connectivity index (χ2n) is 4.77. The van der Waals surface area contributed by atoms with E-state index in [1.54, 1.807) is 18.5 Å². The lowest BCUT2D eigenvalue weighted by molar-refractivity contribution is -0.146. The molecule has 2 aromatic heterocycles. The van der Waals surface area contributed by atoms with Crippen molar-refractivity contribution in [2.45, 2.75) is 39.8 Å². The highest BCUT2D eigenvalue weighted by Crippen LogP contribution is 2.23. The van der Waals surface area contributed by atoms with Crippen molar-refractivity contribution in [1.82, 2.24) is 30.0 Å². The molecular weight excluding hydrogens is 248 g/mol. The van der Waals surface area contributed by atoms with Gasteiger partial charge in [-0.3, -0.25) is 4.68 Å². The van der Waals surface area contributed by atoms with Crippen LogP contribution < -0.4 is 0 Å². The number of aromatic nitrogens is 6. The first kappa shape index (κ1) is 13.2. The van der Waals surface area contributed by atoms with Gasteiger partial charge in [0.05, 0.1) is 5.69 Å². The molecule has 8 heteroatoms. The van der Waals surface area contributed by atoms with E-state index >= 15 is 0 Å². The Hall–Kier alpha value is -2.25. The fourth-order valence-corrected chi connectivity index (χ4v) is 1.78. The molecule has 1 N–H and O–H groups in total. The van der Waals surface area contributed by atoms with Crippen molar-refractivity contribution in [3.63, 3.8) is 0 Å². The third-order valence-electron chi connectivity index (χ3n) is 2.95. The summed E-state index contributed by atoms with van der Waals surface area (Å²) in [5, 5.41) is 24.9. The van der Waals surface area contributed by atoms with Gasteiger partial charge in [-0.15, -0.1) is 5.10 Å². The van der Waals surface area contributed by atoms with Crippen LogP contribution in [0.25, 0.3) is 11.5 Å². The quantitative estimate of drug-likeness (QED) is 0.872. The number of rotatable bonds is 4. The summed E-state index contributed by atoms with van der Waals surface area (Å²) in [6.45, 7) is 7.57. The molecular formula is C11H16N6O2. The maximum Gasteiger partial charge on any atom is 0.331 e. The Balaban J connectivity index is 2.59. The van der Waals surface area contributed by atoms with Gasteiger partial charge in [0, 0.05) is 6.54 Å². The van der Waals surface area contributed by atoms with E-state index in [1.807, 2.05) is 19.9 Å². The fraction of sp³-hybridized carbons (Fsp3) is 0.545. The van der Waals surface area contributed by atoms with Gasteiger partial charge in [-0.25, -0.2) is 9.48 Å². The summed E-state index contributed by atoms with van der Waals surface area (Å²) in [7, 11) is 0. The smallest absolute Gasteiger partial charge is 0.331 e. The van der Waals surface area contributed by atoms with Gasteiger partial charge >= 0.3 is 5.97 Å². The Labute approximate surface area is 110 Å². The van der Waals surface area contributed by atoms with Crippen LogP contribution in [0.1, 0.15) is 26.5 Å². The number of carboxylic acids is 1. The largest absolute Gasteiger partial charge is 0.479 e. The lowest BCUT2D eigenvalue weighted by Crippen LogP contribution is -2.37. The Morgan fingerprint density at radius 2 is 2.16 bits per heavy atom. The average Bonchev–Trinajstić information content (AvgIpc) is 2.94. The molecule has 0 bridgehead atoms. The van der Waals surface area contributed by atoms with Gasteiger partial charge in [0.25, 0.3) is 0 Å². The van der Waals surface area contributed by atoms with Gasteiger partial charge in [-0.05, 0) is 44.2 Å². The number of tetrazole rings is 1.